The minimum Gasteiger partial charge on any atom is -0.482 e. The first kappa shape index (κ1) is 22.7. The Kier molecular flexibility index (Phi) is 7.55. The van der Waals surface area contributed by atoms with E-state index in [2.05, 4.69) is 31.0 Å². The Labute approximate surface area is 184 Å². The molecule has 0 radical (unpaired) electrons. The van der Waals surface area contributed by atoms with Crippen LogP contribution in [0.1, 0.15) is 45.6 Å². The second-order valence-electron chi connectivity index (χ2n) is 8.87. The van der Waals surface area contributed by atoms with Crippen LogP contribution < -0.4 is 15.0 Å². The van der Waals surface area contributed by atoms with Crippen molar-refractivity contribution in [2.24, 2.45) is 0 Å². The lowest BCUT2D eigenvalue weighted by Gasteiger charge is -2.28. The monoisotopic (exact) mass is 424 g/mol. The highest BCUT2D eigenvalue weighted by molar-refractivity contribution is 5.93. The lowest BCUT2D eigenvalue weighted by Crippen LogP contribution is -2.29. The Morgan fingerprint density at radius 1 is 0.903 bits per heavy atom. The zero-order valence-corrected chi connectivity index (χ0v) is 18.6. The molecule has 1 heterocycles. The van der Waals surface area contributed by atoms with Gasteiger partial charge in [-0.05, 0) is 66.6 Å². The van der Waals surface area contributed by atoms with Crippen LogP contribution >= 0.6 is 0 Å². The quantitative estimate of drug-likeness (QED) is 0.661. The Hall–Kier alpha value is -3.02. The van der Waals surface area contributed by atoms with Crippen LogP contribution in [-0.2, 0) is 19.7 Å². The van der Waals surface area contributed by atoms with Crippen LogP contribution in [0.4, 0.5) is 11.4 Å². The van der Waals surface area contributed by atoms with Crippen molar-refractivity contribution in [1.29, 1.82) is 0 Å². The van der Waals surface area contributed by atoms with Gasteiger partial charge in [0.25, 0.3) is 5.91 Å². The summed E-state index contributed by atoms with van der Waals surface area (Å²) in [6, 6.07) is 15.4. The van der Waals surface area contributed by atoms with Crippen molar-refractivity contribution < 1.29 is 19.1 Å². The summed E-state index contributed by atoms with van der Waals surface area (Å²) in [4.78, 5) is 26.3. The van der Waals surface area contributed by atoms with Crippen molar-refractivity contribution in [3.8, 4) is 5.75 Å². The molecule has 1 aliphatic rings. The molecule has 6 heteroatoms. The topological polar surface area (TPSA) is 67.9 Å². The summed E-state index contributed by atoms with van der Waals surface area (Å²) < 4.78 is 10.5. The third kappa shape index (κ3) is 7.02. The van der Waals surface area contributed by atoms with Crippen LogP contribution in [-0.4, -0.2) is 38.2 Å². The lowest BCUT2D eigenvalue weighted by atomic mass is 9.87. The highest BCUT2D eigenvalue weighted by Crippen LogP contribution is 2.24. The lowest BCUT2D eigenvalue weighted by molar-refractivity contribution is -0.149. The second kappa shape index (κ2) is 10.3. The van der Waals surface area contributed by atoms with E-state index in [9.17, 15) is 9.59 Å². The van der Waals surface area contributed by atoms with Crippen LogP contribution in [0.3, 0.4) is 0 Å². The average Bonchev–Trinajstić information content (AvgIpc) is 2.77. The molecule has 0 aromatic heterocycles. The summed E-state index contributed by atoms with van der Waals surface area (Å²) in [6.45, 7) is 7.96. The third-order valence-corrected chi connectivity index (χ3v) is 5.31. The fourth-order valence-corrected chi connectivity index (χ4v) is 3.49. The van der Waals surface area contributed by atoms with Gasteiger partial charge in [-0.1, -0.05) is 32.9 Å². The van der Waals surface area contributed by atoms with E-state index in [1.807, 2.05) is 48.5 Å². The number of benzene rings is 2. The molecule has 0 atom stereocenters. The largest absolute Gasteiger partial charge is 0.482 e. The maximum Gasteiger partial charge on any atom is 0.344 e. The van der Waals surface area contributed by atoms with Gasteiger partial charge in [-0.15, -0.1) is 0 Å². The molecule has 0 unspecified atom stereocenters. The molecule has 31 heavy (non-hydrogen) atoms. The number of piperidine rings is 1. The van der Waals surface area contributed by atoms with E-state index in [4.69, 9.17) is 9.47 Å². The summed E-state index contributed by atoms with van der Waals surface area (Å²) in [5.74, 6) is -0.382. The van der Waals surface area contributed by atoms with Crippen molar-refractivity contribution in [2.75, 3.05) is 36.5 Å². The highest BCUT2D eigenvalue weighted by atomic mass is 16.6. The van der Waals surface area contributed by atoms with Gasteiger partial charge in [0, 0.05) is 24.5 Å². The van der Waals surface area contributed by atoms with Gasteiger partial charge >= 0.3 is 5.97 Å². The van der Waals surface area contributed by atoms with Gasteiger partial charge in [-0.3, -0.25) is 4.79 Å². The molecule has 6 nitrogen and oxygen atoms in total. The molecule has 0 spiro atoms. The summed E-state index contributed by atoms with van der Waals surface area (Å²) in [5, 5.41) is 2.75. The van der Waals surface area contributed by atoms with Crippen molar-refractivity contribution in [3.05, 3.63) is 54.1 Å². The van der Waals surface area contributed by atoms with Gasteiger partial charge in [0.2, 0.25) is 0 Å². The molecule has 2 aromatic rings. The Morgan fingerprint density at radius 2 is 1.55 bits per heavy atom. The summed E-state index contributed by atoms with van der Waals surface area (Å²) >= 11 is 0. The smallest absolute Gasteiger partial charge is 0.344 e. The Morgan fingerprint density at radius 3 is 2.16 bits per heavy atom. The van der Waals surface area contributed by atoms with Gasteiger partial charge in [-0.25, -0.2) is 4.79 Å². The first-order valence-corrected chi connectivity index (χ1v) is 10.8. The zero-order valence-electron chi connectivity index (χ0n) is 18.6. The van der Waals surface area contributed by atoms with E-state index in [1.165, 1.54) is 24.8 Å². The number of ether oxygens (including phenoxy) is 2. The molecule has 3 rings (SSSR count). The first-order chi connectivity index (χ1) is 14.8. The number of carbonyl (C=O) groups is 2. The van der Waals surface area contributed by atoms with Crippen LogP contribution in [0.2, 0.25) is 0 Å². The van der Waals surface area contributed by atoms with E-state index in [1.54, 1.807) is 0 Å². The number of anilines is 2. The van der Waals surface area contributed by atoms with E-state index in [0.717, 1.165) is 18.8 Å². The number of rotatable bonds is 7. The number of esters is 1. The molecular formula is C25H32N2O4. The standard InChI is InChI=1S/C25H32N2O4/c1-25(2,3)19-7-13-22(14-8-19)30-18-24(29)31-17-23(28)26-20-9-11-21(12-10-20)27-15-5-4-6-16-27/h7-14H,4-6,15-18H2,1-3H3,(H,26,28). The number of carbonyl (C=O) groups excluding carboxylic acids is 2. The molecule has 1 aliphatic heterocycles. The molecule has 0 aliphatic carbocycles. The Balaban J connectivity index is 1.38. The maximum absolute atomic E-state index is 12.1. The van der Waals surface area contributed by atoms with E-state index in [-0.39, 0.29) is 24.5 Å². The molecule has 1 N–H and O–H groups in total. The maximum atomic E-state index is 12.1. The molecule has 2 aromatic carbocycles. The van der Waals surface area contributed by atoms with Crippen molar-refractivity contribution in [2.45, 2.75) is 45.4 Å². The third-order valence-electron chi connectivity index (χ3n) is 5.31. The fourth-order valence-electron chi connectivity index (χ4n) is 3.49. The van der Waals surface area contributed by atoms with Gasteiger partial charge < -0.3 is 19.7 Å². The fraction of sp³-hybridized carbons (Fsp3) is 0.440. The Bertz CT molecular complexity index is 864. The van der Waals surface area contributed by atoms with E-state index >= 15 is 0 Å². The second-order valence-corrected chi connectivity index (χ2v) is 8.87. The normalized spacial score (nSPS) is 14.1. The zero-order chi connectivity index (χ0) is 22.3. The summed E-state index contributed by atoms with van der Waals surface area (Å²) in [7, 11) is 0. The minimum absolute atomic E-state index is 0.0543. The number of amides is 1. The van der Waals surface area contributed by atoms with E-state index in [0.29, 0.717) is 11.4 Å². The number of nitrogens with one attached hydrogen (secondary N) is 1. The minimum atomic E-state index is -0.588. The SMILES string of the molecule is CC(C)(C)c1ccc(OCC(=O)OCC(=O)Nc2ccc(N3CCCCC3)cc2)cc1. The van der Waals surface area contributed by atoms with Crippen molar-refractivity contribution in [1.82, 2.24) is 0 Å². The number of hydrogen-bond acceptors (Lipinski definition) is 5. The molecule has 1 amide bonds. The van der Waals surface area contributed by atoms with Crippen LogP contribution in [0.25, 0.3) is 0 Å². The predicted octanol–water partition coefficient (Wildman–Crippen LogP) is 4.54. The van der Waals surface area contributed by atoms with Gasteiger partial charge in [-0.2, -0.15) is 0 Å². The van der Waals surface area contributed by atoms with Gasteiger partial charge in [0.15, 0.2) is 13.2 Å². The van der Waals surface area contributed by atoms with Gasteiger partial charge in [0.05, 0.1) is 0 Å². The highest BCUT2D eigenvalue weighted by Gasteiger charge is 2.14. The summed E-state index contributed by atoms with van der Waals surface area (Å²) in [5.41, 5.74) is 3.08. The van der Waals surface area contributed by atoms with Crippen molar-refractivity contribution >= 4 is 23.3 Å². The molecule has 1 saturated heterocycles. The van der Waals surface area contributed by atoms with Crippen LogP contribution in [0, 0.1) is 0 Å². The van der Waals surface area contributed by atoms with Crippen LogP contribution in [0.15, 0.2) is 48.5 Å². The van der Waals surface area contributed by atoms with Crippen LogP contribution in [0.5, 0.6) is 5.75 Å². The molecular weight excluding hydrogens is 392 g/mol. The van der Waals surface area contributed by atoms with Gasteiger partial charge in [0.1, 0.15) is 5.75 Å². The molecule has 0 bridgehead atoms. The van der Waals surface area contributed by atoms with E-state index < -0.39 is 5.97 Å². The number of nitrogens with zero attached hydrogens (tertiary/aromatic N) is 1. The van der Waals surface area contributed by atoms with Crippen molar-refractivity contribution in [3.63, 3.8) is 0 Å². The predicted molar refractivity (Wildman–Crippen MR) is 123 cm³/mol. The average molecular weight is 425 g/mol. The molecule has 0 saturated carbocycles. The molecule has 166 valence electrons. The molecule has 1 fully saturated rings. The summed E-state index contributed by atoms with van der Waals surface area (Å²) in [6.07, 6.45) is 3.73. The first-order valence-electron chi connectivity index (χ1n) is 10.8. The number of hydrogen-bond donors (Lipinski definition) is 1.